The van der Waals surface area contributed by atoms with E-state index in [4.69, 9.17) is 0 Å². The Labute approximate surface area is 157 Å². The number of aliphatic imine (C=N–C) groups is 1. The van der Waals surface area contributed by atoms with Gasteiger partial charge in [0.05, 0.1) is 0 Å². The molecule has 0 amide bonds. The molecule has 146 valence electrons. The van der Waals surface area contributed by atoms with Crippen LogP contribution in [0.4, 0.5) is 0 Å². The maximum Gasteiger partial charge on any atom is 0.191 e. The second-order valence-corrected chi connectivity index (χ2v) is 7.79. The van der Waals surface area contributed by atoms with Crippen LogP contribution in [0.5, 0.6) is 0 Å². The topological polar surface area (TPSA) is 70.4 Å². The van der Waals surface area contributed by atoms with Crippen LogP contribution < -0.4 is 10.6 Å². The number of rotatable bonds is 5. The standard InChI is InChI=1S/C19H35N7/c1-15(2)25-13-9-16(10-14-25)22-19(20-3)21-11-8-18-24-23-17-7-5-4-6-12-26(17)18/h15-16H,4-14H2,1-3H3,(H2,20,21,22). The van der Waals surface area contributed by atoms with Crippen LogP contribution in [0.1, 0.15) is 57.6 Å². The molecule has 1 saturated heterocycles. The summed E-state index contributed by atoms with van der Waals surface area (Å²) in [7, 11) is 1.85. The third-order valence-electron chi connectivity index (χ3n) is 5.65. The molecule has 26 heavy (non-hydrogen) atoms. The Morgan fingerprint density at radius 3 is 2.69 bits per heavy atom. The van der Waals surface area contributed by atoms with Crippen molar-refractivity contribution in [2.24, 2.45) is 4.99 Å². The van der Waals surface area contributed by atoms with Crippen molar-refractivity contribution in [3.05, 3.63) is 11.6 Å². The molecule has 2 aliphatic rings. The van der Waals surface area contributed by atoms with Gasteiger partial charge >= 0.3 is 0 Å². The third-order valence-corrected chi connectivity index (χ3v) is 5.65. The number of fused-ring (bicyclic) bond motifs is 1. The lowest BCUT2D eigenvalue weighted by Gasteiger charge is -2.35. The van der Waals surface area contributed by atoms with Crippen LogP contribution in [-0.4, -0.2) is 64.4 Å². The maximum atomic E-state index is 4.41. The zero-order chi connectivity index (χ0) is 18.4. The molecular weight excluding hydrogens is 326 g/mol. The van der Waals surface area contributed by atoms with Gasteiger partial charge in [-0.2, -0.15) is 0 Å². The summed E-state index contributed by atoms with van der Waals surface area (Å²) in [6, 6.07) is 1.16. The van der Waals surface area contributed by atoms with Crippen molar-refractivity contribution in [1.29, 1.82) is 0 Å². The third kappa shape index (κ3) is 4.96. The van der Waals surface area contributed by atoms with Crippen LogP contribution >= 0.6 is 0 Å². The zero-order valence-electron chi connectivity index (χ0n) is 16.7. The Morgan fingerprint density at radius 2 is 1.96 bits per heavy atom. The van der Waals surface area contributed by atoms with Gasteiger partial charge < -0.3 is 20.1 Å². The highest BCUT2D eigenvalue weighted by atomic mass is 15.3. The largest absolute Gasteiger partial charge is 0.356 e. The van der Waals surface area contributed by atoms with Crippen molar-refractivity contribution >= 4 is 5.96 Å². The second-order valence-electron chi connectivity index (χ2n) is 7.79. The predicted octanol–water partition coefficient (Wildman–Crippen LogP) is 1.58. The quantitative estimate of drug-likeness (QED) is 0.616. The summed E-state index contributed by atoms with van der Waals surface area (Å²) in [6.45, 7) is 8.79. The number of hydrogen-bond donors (Lipinski definition) is 2. The maximum absolute atomic E-state index is 4.41. The van der Waals surface area contributed by atoms with Crippen molar-refractivity contribution in [2.45, 2.75) is 77.4 Å². The van der Waals surface area contributed by atoms with E-state index in [-0.39, 0.29) is 0 Å². The van der Waals surface area contributed by atoms with Gasteiger partial charge in [-0.3, -0.25) is 4.99 Å². The van der Waals surface area contributed by atoms with Crippen molar-refractivity contribution in [1.82, 2.24) is 30.3 Å². The molecule has 7 heteroatoms. The molecule has 2 N–H and O–H groups in total. The van der Waals surface area contributed by atoms with Gasteiger partial charge in [-0.25, -0.2) is 0 Å². The minimum Gasteiger partial charge on any atom is -0.356 e. The Kier molecular flexibility index (Phi) is 6.88. The molecule has 0 bridgehead atoms. The smallest absolute Gasteiger partial charge is 0.191 e. The number of nitrogens with one attached hydrogen (secondary N) is 2. The molecule has 1 aromatic heterocycles. The van der Waals surface area contributed by atoms with Crippen LogP contribution in [0.15, 0.2) is 4.99 Å². The summed E-state index contributed by atoms with van der Waals surface area (Å²) >= 11 is 0. The van der Waals surface area contributed by atoms with Gasteiger partial charge in [0.15, 0.2) is 5.96 Å². The Balaban J connectivity index is 1.43. The summed E-state index contributed by atoms with van der Waals surface area (Å²) in [4.78, 5) is 6.94. The Morgan fingerprint density at radius 1 is 1.15 bits per heavy atom. The molecule has 3 heterocycles. The van der Waals surface area contributed by atoms with Crippen LogP contribution in [0, 0.1) is 0 Å². The highest BCUT2D eigenvalue weighted by Crippen LogP contribution is 2.15. The number of hydrogen-bond acceptors (Lipinski definition) is 4. The number of guanidine groups is 1. The minimum atomic E-state index is 0.514. The van der Waals surface area contributed by atoms with E-state index >= 15 is 0 Å². The van der Waals surface area contributed by atoms with Gasteiger partial charge in [0.2, 0.25) is 0 Å². The average molecular weight is 362 g/mol. The average Bonchev–Trinajstić information content (AvgIpc) is 2.88. The molecule has 0 aliphatic carbocycles. The number of likely N-dealkylation sites (tertiary alicyclic amines) is 1. The van der Waals surface area contributed by atoms with Gasteiger partial charge in [-0.15, -0.1) is 10.2 Å². The van der Waals surface area contributed by atoms with Gasteiger partial charge in [-0.05, 0) is 39.5 Å². The van der Waals surface area contributed by atoms with E-state index in [0.29, 0.717) is 12.1 Å². The number of aromatic nitrogens is 3. The van der Waals surface area contributed by atoms with E-state index < -0.39 is 0 Å². The molecule has 0 aromatic carbocycles. The van der Waals surface area contributed by atoms with Gasteiger partial charge in [0.1, 0.15) is 11.6 Å². The first-order chi connectivity index (χ1) is 12.7. The SMILES string of the molecule is CN=C(NCCc1nnc2n1CCCCC2)NC1CCN(C(C)C)CC1. The second kappa shape index (κ2) is 9.35. The molecule has 0 unspecified atom stereocenters. The highest BCUT2D eigenvalue weighted by molar-refractivity contribution is 5.79. The molecule has 0 spiro atoms. The summed E-state index contributed by atoms with van der Waals surface area (Å²) < 4.78 is 2.33. The fourth-order valence-electron chi connectivity index (χ4n) is 3.97. The van der Waals surface area contributed by atoms with E-state index in [1.54, 1.807) is 0 Å². The molecule has 0 saturated carbocycles. The summed E-state index contributed by atoms with van der Waals surface area (Å²) in [6.07, 6.45) is 8.09. The Bertz CT molecular complexity index is 585. The van der Waals surface area contributed by atoms with Crippen molar-refractivity contribution in [3.8, 4) is 0 Å². The van der Waals surface area contributed by atoms with E-state index in [0.717, 1.165) is 56.6 Å². The van der Waals surface area contributed by atoms with Crippen LogP contribution in [0.2, 0.25) is 0 Å². The molecule has 0 radical (unpaired) electrons. The summed E-state index contributed by atoms with van der Waals surface area (Å²) in [5, 5.41) is 15.8. The molecule has 1 aromatic rings. The molecule has 1 fully saturated rings. The van der Waals surface area contributed by atoms with E-state index in [2.05, 4.69) is 49.1 Å². The van der Waals surface area contributed by atoms with Gasteiger partial charge in [-0.1, -0.05) is 6.42 Å². The number of nitrogens with zero attached hydrogens (tertiary/aromatic N) is 5. The molecular formula is C19H35N7. The predicted molar refractivity (Wildman–Crippen MR) is 106 cm³/mol. The normalized spacial score (nSPS) is 20.1. The summed E-state index contributed by atoms with van der Waals surface area (Å²) in [5.41, 5.74) is 0. The fraction of sp³-hybridized carbons (Fsp3) is 0.842. The van der Waals surface area contributed by atoms with Crippen molar-refractivity contribution in [2.75, 3.05) is 26.7 Å². The first-order valence-electron chi connectivity index (χ1n) is 10.3. The van der Waals surface area contributed by atoms with Crippen LogP contribution in [0.25, 0.3) is 0 Å². The lowest BCUT2D eigenvalue weighted by atomic mass is 10.0. The molecule has 0 atom stereocenters. The van der Waals surface area contributed by atoms with E-state index in [1.807, 2.05) is 7.05 Å². The van der Waals surface area contributed by atoms with Gasteiger partial charge in [0.25, 0.3) is 0 Å². The number of aryl methyl sites for hydroxylation is 1. The van der Waals surface area contributed by atoms with E-state index in [9.17, 15) is 0 Å². The Hall–Kier alpha value is -1.63. The van der Waals surface area contributed by atoms with Crippen molar-refractivity contribution < 1.29 is 0 Å². The minimum absolute atomic E-state index is 0.514. The fourth-order valence-corrected chi connectivity index (χ4v) is 3.97. The zero-order valence-corrected chi connectivity index (χ0v) is 16.7. The van der Waals surface area contributed by atoms with E-state index in [1.165, 1.54) is 32.1 Å². The number of piperidine rings is 1. The van der Waals surface area contributed by atoms with Gasteiger partial charge in [0, 0.05) is 58.2 Å². The molecule has 7 nitrogen and oxygen atoms in total. The lowest BCUT2D eigenvalue weighted by molar-refractivity contribution is 0.167. The monoisotopic (exact) mass is 361 g/mol. The highest BCUT2D eigenvalue weighted by Gasteiger charge is 2.21. The first-order valence-corrected chi connectivity index (χ1v) is 10.3. The van der Waals surface area contributed by atoms with Crippen LogP contribution in [0.3, 0.4) is 0 Å². The molecule has 3 rings (SSSR count). The van der Waals surface area contributed by atoms with Crippen molar-refractivity contribution in [3.63, 3.8) is 0 Å². The molecule has 2 aliphatic heterocycles. The first kappa shape index (κ1) is 19.1. The summed E-state index contributed by atoms with van der Waals surface area (Å²) in [5.74, 6) is 3.18. The van der Waals surface area contributed by atoms with Crippen LogP contribution in [-0.2, 0) is 19.4 Å². The lowest BCUT2D eigenvalue weighted by Crippen LogP contribution is -2.50.